The van der Waals surface area contributed by atoms with Gasteiger partial charge < -0.3 is 25.8 Å². The van der Waals surface area contributed by atoms with Crippen molar-refractivity contribution >= 4 is 52.6 Å². The largest absolute Gasteiger partial charge is 0.358 e. The lowest BCUT2D eigenvalue weighted by atomic mass is 10.0. The quantitative estimate of drug-likeness (QED) is 0.317. The SMILES string of the molecule is C=C(NC=S)c1ccc2c(c1)/C(=C/c1[nH]c(C)c(C(=O)NCCN(CC)CC)c1C)C(=O)N2. The molecule has 0 bridgehead atoms. The summed E-state index contributed by atoms with van der Waals surface area (Å²) < 4.78 is 0. The third kappa shape index (κ3) is 5.23. The highest BCUT2D eigenvalue weighted by atomic mass is 32.1. The molecule has 2 aromatic rings. The molecule has 0 radical (unpaired) electrons. The Morgan fingerprint density at radius 2 is 1.97 bits per heavy atom. The van der Waals surface area contributed by atoms with E-state index in [0.717, 1.165) is 53.4 Å². The summed E-state index contributed by atoms with van der Waals surface area (Å²) in [5, 5.41) is 8.82. The molecule has 0 saturated heterocycles. The minimum absolute atomic E-state index is 0.112. The third-order valence-corrected chi connectivity index (χ3v) is 6.10. The van der Waals surface area contributed by atoms with Gasteiger partial charge in [0.05, 0.1) is 16.6 Å². The Kier molecular flexibility index (Phi) is 7.84. The van der Waals surface area contributed by atoms with E-state index in [0.29, 0.717) is 23.4 Å². The molecule has 2 amide bonds. The van der Waals surface area contributed by atoms with E-state index in [4.69, 9.17) is 12.2 Å². The fourth-order valence-electron chi connectivity index (χ4n) is 4.03. The van der Waals surface area contributed by atoms with Crippen LogP contribution in [0.4, 0.5) is 5.69 Å². The van der Waals surface area contributed by atoms with E-state index in [-0.39, 0.29) is 11.8 Å². The van der Waals surface area contributed by atoms with Gasteiger partial charge in [-0.05, 0) is 56.3 Å². The Balaban J connectivity index is 1.87. The Morgan fingerprint density at radius 1 is 1.24 bits per heavy atom. The van der Waals surface area contributed by atoms with Gasteiger partial charge in [0.2, 0.25) is 0 Å². The first kappa shape index (κ1) is 24.4. The Hall–Kier alpha value is -3.23. The van der Waals surface area contributed by atoms with E-state index in [1.165, 1.54) is 5.49 Å². The lowest BCUT2D eigenvalue weighted by Gasteiger charge is -2.18. The van der Waals surface area contributed by atoms with Crippen LogP contribution in [0.3, 0.4) is 0 Å². The molecule has 1 aliphatic rings. The molecule has 1 aliphatic heterocycles. The molecule has 33 heavy (non-hydrogen) atoms. The topological polar surface area (TPSA) is 89.3 Å². The summed E-state index contributed by atoms with van der Waals surface area (Å²) in [6.07, 6.45) is 1.80. The highest BCUT2D eigenvalue weighted by Gasteiger charge is 2.26. The molecule has 8 heteroatoms. The number of anilines is 1. The highest BCUT2D eigenvalue weighted by molar-refractivity contribution is 7.78. The van der Waals surface area contributed by atoms with Gasteiger partial charge in [0.15, 0.2) is 0 Å². The molecule has 2 heterocycles. The second-order valence-corrected chi connectivity index (χ2v) is 8.20. The standard InChI is InChI=1S/C25H31N5O2S/c1-6-30(7-2)11-10-26-25(32)23-15(3)22(28-17(23)5)13-20-19-12-18(16(4)27-14-33)8-9-21(19)29-24(20)31/h8-9,12-14,28H,4,6-7,10-11H2,1-3,5H3,(H,26,32)(H,27,33)(H,29,31)/b20-13-. The molecule has 0 atom stereocenters. The monoisotopic (exact) mass is 465 g/mol. The number of aromatic nitrogens is 1. The maximum atomic E-state index is 12.9. The molecule has 0 saturated carbocycles. The van der Waals surface area contributed by atoms with Gasteiger partial charge in [0, 0.05) is 41.4 Å². The second-order valence-electron chi connectivity index (χ2n) is 7.96. The maximum absolute atomic E-state index is 12.9. The molecule has 1 aromatic carbocycles. The average molecular weight is 466 g/mol. The minimum atomic E-state index is -0.188. The smallest absolute Gasteiger partial charge is 0.256 e. The van der Waals surface area contributed by atoms with Crippen LogP contribution in [0.15, 0.2) is 24.8 Å². The molecule has 0 unspecified atom stereocenters. The number of carbonyl (C=O) groups is 2. The zero-order valence-corrected chi connectivity index (χ0v) is 20.4. The van der Waals surface area contributed by atoms with Gasteiger partial charge in [-0.15, -0.1) is 0 Å². The van der Waals surface area contributed by atoms with Gasteiger partial charge in [-0.3, -0.25) is 9.59 Å². The van der Waals surface area contributed by atoms with Gasteiger partial charge in [0.25, 0.3) is 11.8 Å². The molecule has 0 spiro atoms. The summed E-state index contributed by atoms with van der Waals surface area (Å²) in [5.74, 6) is -0.299. The lowest BCUT2D eigenvalue weighted by molar-refractivity contribution is -0.110. The fraction of sp³-hybridized carbons (Fsp3) is 0.320. The average Bonchev–Trinajstić information content (AvgIpc) is 3.25. The molecule has 0 aliphatic carbocycles. The molecule has 3 rings (SSSR count). The van der Waals surface area contributed by atoms with Gasteiger partial charge in [-0.25, -0.2) is 0 Å². The number of H-pyrrole nitrogens is 1. The van der Waals surface area contributed by atoms with E-state index in [9.17, 15) is 9.59 Å². The van der Waals surface area contributed by atoms with Gasteiger partial charge >= 0.3 is 0 Å². The Labute approximate surface area is 200 Å². The number of likely N-dealkylation sites (N-methyl/N-ethyl adjacent to an activating group) is 1. The highest BCUT2D eigenvalue weighted by Crippen LogP contribution is 2.35. The van der Waals surface area contributed by atoms with Gasteiger partial charge in [0.1, 0.15) is 0 Å². The zero-order chi connectivity index (χ0) is 24.1. The number of fused-ring (bicyclic) bond motifs is 1. The minimum Gasteiger partial charge on any atom is -0.358 e. The number of benzene rings is 1. The van der Waals surface area contributed by atoms with Crippen LogP contribution in [0, 0.1) is 13.8 Å². The number of nitrogens with zero attached hydrogens (tertiary/aromatic N) is 1. The van der Waals surface area contributed by atoms with Crippen LogP contribution >= 0.6 is 12.2 Å². The first-order valence-corrected chi connectivity index (χ1v) is 11.5. The van der Waals surface area contributed by atoms with Crippen LogP contribution in [-0.2, 0) is 4.79 Å². The van der Waals surface area contributed by atoms with Crippen molar-refractivity contribution < 1.29 is 9.59 Å². The van der Waals surface area contributed by atoms with Crippen molar-refractivity contribution in [3.63, 3.8) is 0 Å². The number of rotatable bonds is 10. The molecular weight excluding hydrogens is 434 g/mol. The van der Waals surface area contributed by atoms with E-state index >= 15 is 0 Å². The van der Waals surface area contributed by atoms with E-state index in [2.05, 4.69) is 46.3 Å². The summed E-state index contributed by atoms with van der Waals surface area (Å²) in [6.45, 7) is 15.2. The van der Waals surface area contributed by atoms with Gasteiger partial charge in [-0.1, -0.05) is 38.7 Å². The first-order valence-electron chi connectivity index (χ1n) is 11.1. The van der Waals surface area contributed by atoms with Gasteiger partial charge in [-0.2, -0.15) is 0 Å². The van der Waals surface area contributed by atoms with Crippen LogP contribution in [0.2, 0.25) is 0 Å². The lowest BCUT2D eigenvalue weighted by Crippen LogP contribution is -2.35. The molecule has 7 nitrogen and oxygen atoms in total. The summed E-state index contributed by atoms with van der Waals surface area (Å²) in [7, 11) is 0. The number of nitrogens with one attached hydrogen (secondary N) is 4. The summed E-state index contributed by atoms with van der Waals surface area (Å²) in [6, 6.07) is 5.63. The Morgan fingerprint density at radius 3 is 2.64 bits per heavy atom. The van der Waals surface area contributed by atoms with Crippen molar-refractivity contribution in [3.8, 4) is 0 Å². The number of carbonyl (C=O) groups excluding carboxylic acids is 2. The third-order valence-electron chi connectivity index (χ3n) is 5.98. The van der Waals surface area contributed by atoms with Crippen molar-refractivity contribution in [2.24, 2.45) is 0 Å². The molecular formula is C25H31N5O2S. The van der Waals surface area contributed by atoms with Crippen molar-refractivity contribution in [1.82, 2.24) is 20.5 Å². The number of hydrogen-bond acceptors (Lipinski definition) is 4. The number of aryl methyl sites for hydroxylation is 1. The maximum Gasteiger partial charge on any atom is 0.256 e. The zero-order valence-electron chi connectivity index (χ0n) is 19.6. The summed E-state index contributed by atoms with van der Waals surface area (Å²) in [5.41, 5.74) is 7.87. The van der Waals surface area contributed by atoms with Crippen LogP contribution in [0.25, 0.3) is 17.3 Å². The fourth-order valence-corrected chi connectivity index (χ4v) is 4.17. The number of hydrogen-bond donors (Lipinski definition) is 4. The summed E-state index contributed by atoms with van der Waals surface area (Å²) >= 11 is 4.84. The number of aromatic amines is 1. The Bertz CT molecular complexity index is 1130. The predicted molar refractivity (Wildman–Crippen MR) is 139 cm³/mol. The summed E-state index contributed by atoms with van der Waals surface area (Å²) in [4.78, 5) is 31.1. The van der Waals surface area contributed by atoms with Crippen LogP contribution in [0.5, 0.6) is 0 Å². The van der Waals surface area contributed by atoms with E-state index in [1.54, 1.807) is 6.08 Å². The first-order chi connectivity index (χ1) is 15.8. The van der Waals surface area contributed by atoms with Crippen molar-refractivity contribution in [2.45, 2.75) is 27.7 Å². The number of amides is 2. The van der Waals surface area contributed by atoms with Crippen LogP contribution < -0.4 is 16.0 Å². The van der Waals surface area contributed by atoms with Crippen LogP contribution in [0.1, 0.15) is 52.3 Å². The second kappa shape index (κ2) is 10.6. The van der Waals surface area contributed by atoms with E-state index < -0.39 is 0 Å². The number of thiocarbonyl (C=S) groups is 1. The van der Waals surface area contributed by atoms with E-state index in [1.807, 2.05) is 32.0 Å². The van der Waals surface area contributed by atoms with Crippen molar-refractivity contribution in [2.75, 3.05) is 31.5 Å². The normalized spacial score (nSPS) is 13.7. The van der Waals surface area contributed by atoms with Crippen molar-refractivity contribution in [1.29, 1.82) is 0 Å². The predicted octanol–water partition coefficient (Wildman–Crippen LogP) is 3.71. The molecule has 4 N–H and O–H groups in total. The molecule has 174 valence electrons. The molecule has 1 aromatic heterocycles. The van der Waals surface area contributed by atoms with Crippen molar-refractivity contribution in [3.05, 3.63) is 58.4 Å². The van der Waals surface area contributed by atoms with Crippen LogP contribution in [-0.4, -0.2) is 53.4 Å². The molecule has 0 fully saturated rings.